The molecule has 2 aromatic rings. The van der Waals surface area contributed by atoms with Gasteiger partial charge in [0, 0.05) is 12.6 Å². The Morgan fingerprint density at radius 2 is 2.00 bits per heavy atom. The van der Waals surface area contributed by atoms with Gasteiger partial charge in [0.2, 0.25) is 5.91 Å². The zero-order valence-electron chi connectivity index (χ0n) is 14.5. The van der Waals surface area contributed by atoms with Gasteiger partial charge in [0.1, 0.15) is 17.6 Å². The van der Waals surface area contributed by atoms with E-state index in [9.17, 15) is 9.18 Å². The van der Waals surface area contributed by atoms with E-state index in [1.165, 1.54) is 12.1 Å². The highest BCUT2D eigenvalue weighted by atomic mass is 19.1. The van der Waals surface area contributed by atoms with Crippen molar-refractivity contribution in [1.82, 2.24) is 10.2 Å². The SMILES string of the molecule is COc1cccc(CN(C)C(C(=O)NC2CC2)c2ccc(F)cc2)c1. The number of hydrogen-bond donors (Lipinski definition) is 1. The van der Waals surface area contributed by atoms with Crippen molar-refractivity contribution < 1.29 is 13.9 Å². The van der Waals surface area contributed by atoms with Gasteiger partial charge in [-0.25, -0.2) is 4.39 Å². The van der Waals surface area contributed by atoms with Crippen LogP contribution in [0.25, 0.3) is 0 Å². The predicted octanol–water partition coefficient (Wildman–Crippen LogP) is 3.29. The number of nitrogens with zero attached hydrogens (tertiary/aromatic N) is 1. The molecule has 0 saturated heterocycles. The molecule has 2 aromatic carbocycles. The molecule has 0 aliphatic heterocycles. The summed E-state index contributed by atoms with van der Waals surface area (Å²) in [5.41, 5.74) is 1.83. The molecule has 1 aliphatic rings. The fourth-order valence-electron chi connectivity index (χ4n) is 2.91. The zero-order valence-corrected chi connectivity index (χ0v) is 14.5. The minimum atomic E-state index is -0.465. The van der Waals surface area contributed by atoms with Crippen molar-refractivity contribution in [2.24, 2.45) is 0 Å². The van der Waals surface area contributed by atoms with Crippen LogP contribution in [0.5, 0.6) is 5.75 Å². The van der Waals surface area contributed by atoms with Gasteiger partial charge in [-0.15, -0.1) is 0 Å². The lowest BCUT2D eigenvalue weighted by Gasteiger charge is -2.28. The van der Waals surface area contributed by atoms with Crippen molar-refractivity contribution in [3.05, 3.63) is 65.5 Å². The number of methoxy groups -OCH3 is 1. The van der Waals surface area contributed by atoms with E-state index < -0.39 is 6.04 Å². The number of carbonyl (C=O) groups is 1. The topological polar surface area (TPSA) is 41.6 Å². The van der Waals surface area contributed by atoms with E-state index in [1.54, 1.807) is 19.2 Å². The second-order valence-corrected chi connectivity index (χ2v) is 6.50. The lowest BCUT2D eigenvalue weighted by molar-refractivity contribution is -0.126. The summed E-state index contributed by atoms with van der Waals surface area (Å²) < 4.78 is 18.5. The van der Waals surface area contributed by atoms with Gasteiger partial charge in [-0.2, -0.15) is 0 Å². The third kappa shape index (κ3) is 4.57. The summed E-state index contributed by atoms with van der Waals surface area (Å²) in [6.45, 7) is 0.581. The monoisotopic (exact) mass is 342 g/mol. The van der Waals surface area contributed by atoms with E-state index in [0.717, 1.165) is 29.7 Å². The number of rotatable bonds is 7. The van der Waals surface area contributed by atoms with E-state index >= 15 is 0 Å². The van der Waals surface area contributed by atoms with Crippen LogP contribution in [-0.4, -0.2) is 31.0 Å². The third-order valence-electron chi connectivity index (χ3n) is 4.36. The summed E-state index contributed by atoms with van der Waals surface area (Å²) >= 11 is 0. The number of amides is 1. The molecule has 5 heteroatoms. The molecule has 0 radical (unpaired) electrons. The van der Waals surface area contributed by atoms with Gasteiger partial charge in [0.25, 0.3) is 0 Å². The van der Waals surface area contributed by atoms with Crippen molar-refractivity contribution >= 4 is 5.91 Å². The molecule has 1 unspecified atom stereocenters. The first-order valence-corrected chi connectivity index (χ1v) is 8.46. The molecule has 3 rings (SSSR count). The predicted molar refractivity (Wildman–Crippen MR) is 94.8 cm³/mol. The lowest BCUT2D eigenvalue weighted by Crippen LogP contribution is -2.39. The molecule has 1 aliphatic carbocycles. The molecule has 1 atom stereocenters. The van der Waals surface area contributed by atoms with E-state index in [4.69, 9.17) is 4.74 Å². The molecule has 1 N–H and O–H groups in total. The fourth-order valence-corrected chi connectivity index (χ4v) is 2.91. The Labute approximate surface area is 147 Å². The molecule has 1 fully saturated rings. The Morgan fingerprint density at radius 3 is 2.64 bits per heavy atom. The molecule has 0 aromatic heterocycles. The van der Waals surface area contributed by atoms with Crippen molar-refractivity contribution in [3.8, 4) is 5.75 Å². The van der Waals surface area contributed by atoms with Gasteiger partial charge in [0.15, 0.2) is 0 Å². The summed E-state index contributed by atoms with van der Waals surface area (Å²) in [6.07, 6.45) is 2.06. The van der Waals surface area contributed by atoms with Crippen LogP contribution in [0, 0.1) is 5.82 Å². The first-order chi connectivity index (χ1) is 12.1. The number of halogens is 1. The van der Waals surface area contributed by atoms with Crippen LogP contribution in [0.4, 0.5) is 4.39 Å². The summed E-state index contributed by atoms with van der Waals surface area (Å²) in [6, 6.07) is 13.7. The lowest BCUT2D eigenvalue weighted by atomic mass is 10.0. The molecule has 132 valence electrons. The van der Waals surface area contributed by atoms with Crippen LogP contribution in [0.15, 0.2) is 48.5 Å². The minimum absolute atomic E-state index is 0.0421. The molecule has 1 amide bonds. The molecule has 0 heterocycles. The number of nitrogens with one attached hydrogen (secondary N) is 1. The van der Waals surface area contributed by atoms with E-state index in [-0.39, 0.29) is 17.8 Å². The van der Waals surface area contributed by atoms with Crippen molar-refractivity contribution in [3.63, 3.8) is 0 Å². The highest BCUT2D eigenvalue weighted by molar-refractivity contribution is 5.83. The summed E-state index contributed by atoms with van der Waals surface area (Å²) in [7, 11) is 3.53. The van der Waals surface area contributed by atoms with Crippen LogP contribution >= 0.6 is 0 Å². The maximum Gasteiger partial charge on any atom is 0.242 e. The summed E-state index contributed by atoms with van der Waals surface area (Å²) in [4.78, 5) is 14.7. The second kappa shape index (κ2) is 7.66. The summed E-state index contributed by atoms with van der Waals surface area (Å²) in [5, 5.41) is 3.06. The third-order valence-corrected chi connectivity index (χ3v) is 4.36. The maximum absolute atomic E-state index is 13.3. The largest absolute Gasteiger partial charge is 0.497 e. The molecule has 25 heavy (non-hydrogen) atoms. The van der Waals surface area contributed by atoms with Gasteiger partial charge in [-0.3, -0.25) is 9.69 Å². The van der Waals surface area contributed by atoms with E-state index in [2.05, 4.69) is 5.32 Å². The number of ether oxygens (including phenoxy) is 1. The average molecular weight is 342 g/mol. The Kier molecular flexibility index (Phi) is 5.34. The van der Waals surface area contributed by atoms with Gasteiger partial charge >= 0.3 is 0 Å². The van der Waals surface area contributed by atoms with Crippen LogP contribution in [-0.2, 0) is 11.3 Å². The summed E-state index contributed by atoms with van der Waals surface area (Å²) in [5.74, 6) is 0.437. The number of hydrogen-bond acceptors (Lipinski definition) is 3. The standard InChI is InChI=1S/C20H23FN2O2/c1-23(13-14-4-3-5-18(12-14)25-2)19(20(24)22-17-10-11-17)15-6-8-16(21)9-7-15/h3-9,12,17,19H,10-11,13H2,1-2H3,(H,22,24). The molecule has 1 saturated carbocycles. The second-order valence-electron chi connectivity index (χ2n) is 6.50. The Morgan fingerprint density at radius 1 is 1.28 bits per heavy atom. The Balaban J connectivity index is 1.81. The maximum atomic E-state index is 13.3. The van der Waals surface area contributed by atoms with Gasteiger partial charge in [0.05, 0.1) is 7.11 Å². The molecule has 0 spiro atoms. The molecule has 0 bridgehead atoms. The first kappa shape index (κ1) is 17.4. The molecular weight excluding hydrogens is 319 g/mol. The quantitative estimate of drug-likeness (QED) is 0.839. The van der Waals surface area contributed by atoms with E-state index in [1.807, 2.05) is 36.2 Å². The first-order valence-electron chi connectivity index (χ1n) is 8.46. The van der Waals surface area contributed by atoms with Crippen molar-refractivity contribution in [1.29, 1.82) is 0 Å². The van der Waals surface area contributed by atoms with Crippen LogP contribution < -0.4 is 10.1 Å². The van der Waals surface area contributed by atoms with Crippen LogP contribution in [0.1, 0.15) is 30.0 Å². The smallest absolute Gasteiger partial charge is 0.242 e. The zero-order chi connectivity index (χ0) is 17.8. The van der Waals surface area contributed by atoms with Crippen LogP contribution in [0.3, 0.4) is 0 Å². The van der Waals surface area contributed by atoms with Gasteiger partial charge in [-0.05, 0) is 55.3 Å². The normalized spacial score (nSPS) is 15.0. The van der Waals surface area contributed by atoms with Gasteiger partial charge < -0.3 is 10.1 Å². The number of benzene rings is 2. The van der Waals surface area contributed by atoms with Crippen molar-refractivity contribution in [2.45, 2.75) is 31.5 Å². The Hall–Kier alpha value is -2.40. The number of likely N-dealkylation sites (N-methyl/N-ethyl adjacent to an activating group) is 1. The van der Waals surface area contributed by atoms with Gasteiger partial charge in [-0.1, -0.05) is 24.3 Å². The van der Waals surface area contributed by atoms with E-state index in [0.29, 0.717) is 6.54 Å². The molecular formula is C20H23FN2O2. The number of carbonyl (C=O) groups excluding carboxylic acids is 1. The average Bonchev–Trinajstić information content (AvgIpc) is 3.41. The highest BCUT2D eigenvalue weighted by Crippen LogP contribution is 2.26. The highest BCUT2D eigenvalue weighted by Gasteiger charge is 2.30. The molecule has 4 nitrogen and oxygen atoms in total. The Bertz CT molecular complexity index is 729. The fraction of sp³-hybridized carbons (Fsp3) is 0.350. The van der Waals surface area contributed by atoms with Crippen molar-refractivity contribution in [2.75, 3.05) is 14.2 Å². The minimum Gasteiger partial charge on any atom is -0.497 e. The van der Waals surface area contributed by atoms with Crippen LogP contribution in [0.2, 0.25) is 0 Å².